The number of fused-ring (bicyclic) bond motifs is 1. The van der Waals surface area contributed by atoms with Crippen molar-refractivity contribution in [1.29, 1.82) is 0 Å². The van der Waals surface area contributed by atoms with Crippen LogP contribution >= 0.6 is 0 Å². The molecule has 0 radical (unpaired) electrons. The van der Waals surface area contributed by atoms with Crippen LogP contribution in [-0.4, -0.2) is 9.78 Å². The zero-order chi connectivity index (χ0) is 8.72. The Morgan fingerprint density at radius 1 is 1.58 bits per heavy atom. The van der Waals surface area contributed by atoms with Crippen LogP contribution in [0.15, 0.2) is 6.20 Å². The fraction of sp³-hybridized carbons (Fsp3) is 0.700. The fourth-order valence-corrected chi connectivity index (χ4v) is 1.86. The first-order chi connectivity index (χ1) is 5.75. The van der Waals surface area contributed by atoms with E-state index in [4.69, 9.17) is 0 Å². The van der Waals surface area contributed by atoms with Gasteiger partial charge in [-0.05, 0) is 17.9 Å². The summed E-state index contributed by atoms with van der Waals surface area (Å²) in [5, 5.41) is 4.35. The zero-order valence-corrected chi connectivity index (χ0v) is 8.04. The van der Waals surface area contributed by atoms with Gasteiger partial charge in [0, 0.05) is 0 Å². The molecule has 66 valence electrons. The lowest BCUT2D eigenvalue weighted by Gasteiger charge is -2.00. The summed E-state index contributed by atoms with van der Waals surface area (Å²) in [5.74, 6) is 0.635. The fourth-order valence-electron chi connectivity index (χ4n) is 1.86. The van der Waals surface area contributed by atoms with Crippen molar-refractivity contribution in [1.82, 2.24) is 9.78 Å². The second-order valence-corrected chi connectivity index (χ2v) is 3.89. The molecule has 1 atom stereocenters. The number of hydrogen-bond donors (Lipinski definition) is 0. The molecule has 0 fully saturated rings. The van der Waals surface area contributed by atoms with E-state index in [0.717, 1.165) is 0 Å². The molecule has 2 heteroatoms. The highest BCUT2D eigenvalue weighted by Gasteiger charge is 2.36. The third-order valence-corrected chi connectivity index (χ3v) is 2.59. The summed E-state index contributed by atoms with van der Waals surface area (Å²) in [7, 11) is 0. The van der Waals surface area contributed by atoms with E-state index in [1.165, 1.54) is 24.1 Å². The molecule has 2 heterocycles. The van der Waals surface area contributed by atoms with E-state index in [1.807, 2.05) is 6.20 Å². The molecular formula is C10H16N2. The van der Waals surface area contributed by atoms with E-state index >= 15 is 0 Å². The van der Waals surface area contributed by atoms with Gasteiger partial charge in [0.1, 0.15) is 0 Å². The summed E-state index contributed by atoms with van der Waals surface area (Å²) < 4.78 is 2.17. The Bertz CT molecular complexity index is 286. The van der Waals surface area contributed by atoms with Crippen LogP contribution in [0.4, 0.5) is 0 Å². The van der Waals surface area contributed by atoms with Gasteiger partial charge in [0.2, 0.25) is 0 Å². The van der Waals surface area contributed by atoms with Crippen LogP contribution in [0.3, 0.4) is 0 Å². The smallest absolute Gasteiger partial charge is 0.0943 e. The van der Waals surface area contributed by atoms with Gasteiger partial charge in [-0.3, -0.25) is 4.68 Å². The standard InChI is InChI=1S/C10H16N2/c1-4-5-9-10-8(7(2)3)6-11-12(9)10/h6-7,9H,4-5H2,1-3H3. The Balaban J connectivity index is 2.15. The van der Waals surface area contributed by atoms with Crippen molar-refractivity contribution in [3.63, 3.8) is 0 Å². The lowest BCUT2D eigenvalue weighted by atomic mass is 10.0. The molecule has 0 bridgehead atoms. The molecule has 2 rings (SSSR count). The summed E-state index contributed by atoms with van der Waals surface area (Å²) in [4.78, 5) is 0. The first kappa shape index (κ1) is 7.84. The highest BCUT2D eigenvalue weighted by Crippen LogP contribution is 2.42. The Kier molecular flexibility index (Phi) is 1.71. The van der Waals surface area contributed by atoms with Gasteiger partial charge in [-0.25, -0.2) is 0 Å². The Morgan fingerprint density at radius 2 is 2.33 bits per heavy atom. The largest absolute Gasteiger partial charge is 0.258 e. The van der Waals surface area contributed by atoms with E-state index in [-0.39, 0.29) is 0 Å². The third kappa shape index (κ3) is 0.977. The number of aromatic nitrogens is 2. The predicted molar refractivity (Wildman–Crippen MR) is 49.4 cm³/mol. The van der Waals surface area contributed by atoms with Crippen LogP contribution in [0.25, 0.3) is 0 Å². The average molecular weight is 164 g/mol. The van der Waals surface area contributed by atoms with Crippen molar-refractivity contribution in [3.8, 4) is 0 Å². The molecule has 1 aromatic heterocycles. The number of nitrogens with zero attached hydrogens (tertiary/aromatic N) is 2. The first-order valence-corrected chi connectivity index (χ1v) is 4.83. The summed E-state index contributed by atoms with van der Waals surface area (Å²) in [6.07, 6.45) is 4.54. The Hall–Kier alpha value is -0.790. The molecule has 2 nitrogen and oxygen atoms in total. The van der Waals surface area contributed by atoms with Gasteiger partial charge in [-0.15, -0.1) is 0 Å². The maximum Gasteiger partial charge on any atom is 0.0943 e. The predicted octanol–water partition coefficient (Wildman–Crippen LogP) is 2.71. The molecule has 0 aromatic carbocycles. The maximum atomic E-state index is 4.35. The molecule has 0 saturated carbocycles. The van der Waals surface area contributed by atoms with Gasteiger partial charge >= 0.3 is 0 Å². The van der Waals surface area contributed by atoms with E-state index in [0.29, 0.717) is 12.0 Å². The van der Waals surface area contributed by atoms with Crippen LogP contribution in [0.2, 0.25) is 0 Å². The van der Waals surface area contributed by atoms with E-state index < -0.39 is 0 Å². The van der Waals surface area contributed by atoms with Gasteiger partial charge in [0.25, 0.3) is 0 Å². The number of hydrogen-bond acceptors (Lipinski definition) is 1. The topological polar surface area (TPSA) is 17.8 Å². The van der Waals surface area contributed by atoms with Crippen molar-refractivity contribution < 1.29 is 0 Å². The molecular weight excluding hydrogens is 148 g/mol. The summed E-state index contributed by atoms with van der Waals surface area (Å²) >= 11 is 0. The second kappa shape index (κ2) is 2.61. The maximum absolute atomic E-state index is 4.35. The highest BCUT2D eigenvalue weighted by molar-refractivity contribution is 5.34. The first-order valence-electron chi connectivity index (χ1n) is 4.83. The minimum absolute atomic E-state index is 0.635. The monoisotopic (exact) mass is 164 g/mol. The molecule has 0 aliphatic carbocycles. The minimum Gasteiger partial charge on any atom is -0.258 e. The van der Waals surface area contributed by atoms with Gasteiger partial charge in [-0.1, -0.05) is 27.2 Å². The van der Waals surface area contributed by atoms with Crippen LogP contribution in [0.5, 0.6) is 0 Å². The molecule has 0 saturated heterocycles. The quantitative estimate of drug-likeness (QED) is 0.671. The molecule has 0 N–H and O–H groups in total. The van der Waals surface area contributed by atoms with E-state index in [2.05, 4.69) is 30.6 Å². The van der Waals surface area contributed by atoms with Crippen molar-refractivity contribution in [2.75, 3.05) is 0 Å². The SMILES string of the molecule is CCCC1c2c(C(C)C)cnn21. The average Bonchev–Trinajstić information content (AvgIpc) is 2.56. The van der Waals surface area contributed by atoms with Gasteiger partial charge in [-0.2, -0.15) is 5.10 Å². The molecule has 1 aromatic rings. The molecule has 0 spiro atoms. The Morgan fingerprint density at radius 3 is 2.92 bits per heavy atom. The van der Waals surface area contributed by atoms with Crippen LogP contribution in [0, 0.1) is 0 Å². The molecule has 1 unspecified atom stereocenters. The zero-order valence-electron chi connectivity index (χ0n) is 8.04. The molecule has 12 heavy (non-hydrogen) atoms. The lowest BCUT2D eigenvalue weighted by molar-refractivity contribution is 0.649. The minimum atomic E-state index is 0.635. The van der Waals surface area contributed by atoms with Crippen LogP contribution < -0.4 is 0 Å². The van der Waals surface area contributed by atoms with Gasteiger partial charge in [0.05, 0.1) is 17.9 Å². The van der Waals surface area contributed by atoms with Crippen molar-refractivity contribution in [3.05, 3.63) is 17.5 Å². The van der Waals surface area contributed by atoms with Gasteiger partial charge in [0.15, 0.2) is 0 Å². The lowest BCUT2D eigenvalue weighted by Crippen LogP contribution is -1.89. The van der Waals surface area contributed by atoms with E-state index in [1.54, 1.807) is 0 Å². The van der Waals surface area contributed by atoms with Crippen molar-refractivity contribution in [2.24, 2.45) is 0 Å². The third-order valence-electron chi connectivity index (χ3n) is 2.59. The summed E-state index contributed by atoms with van der Waals surface area (Å²) in [6, 6.07) is 0.664. The van der Waals surface area contributed by atoms with Crippen LogP contribution in [-0.2, 0) is 0 Å². The van der Waals surface area contributed by atoms with Crippen LogP contribution in [0.1, 0.15) is 56.8 Å². The van der Waals surface area contributed by atoms with Gasteiger partial charge < -0.3 is 0 Å². The Labute approximate surface area is 73.6 Å². The van der Waals surface area contributed by atoms with Crippen molar-refractivity contribution in [2.45, 2.75) is 45.6 Å². The van der Waals surface area contributed by atoms with E-state index in [9.17, 15) is 0 Å². The second-order valence-electron chi connectivity index (χ2n) is 3.89. The highest BCUT2D eigenvalue weighted by atomic mass is 15.4. The normalized spacial score (nSPS) is 19.8. The summed E-state index contributed by atoms with van der Waals surface area (Å²) in [6.45, 7) is 6.70. The van der Waals surface area contributed by atoms with Crippen molar-refractivity contribution >= 4 is 0 Å². The molecule has 1 aliphatic heterocycles. The summed E-state index contributed by atoms with van der Waals surface area (Å²) in [5.41, 5.74) is 2.94. The molecule has 0 amide bonds. The molecule has 1 aliphatic rings. The number of rotatable bonds is 3.